The van der Waals surface area contributed by atoms with Crippen LogP contribution in [0, 0.1) is 5.92 Å². The minimum absolute atomic E-state index is 0.455. The molecule has 5 nitrogen and oxygen atoms in total. The summed E-state index contributed by atoms with van der Waals surface area (Å²) in [7, 11) is 0. The number of piperidine rings is 1. The number of aromatic nitrogens is 2. The van der Waals surface area contributed by atoms with Gasteiger partial charge in [-0.15, -0.1) is 5.10 Å². The Morgan fingerprint density at radius 1 is 1.46 bits per heavy atom. The highest BCUT2D eigenvalue weighted by molar-refractivity contribution is 4.80. The zero-order valence-corrected chi connectivity index (χ0v) is 7.38. The summed E-state index contributed by atoms with van der Waals surface area (Å²) in [5, 5.41) is 9.34. The van der Waals surface area contributed by atoms with Gasteiger partial charge in [-0.05, 0) is 31.8 Å². The maximum atomic E-state index is 10.6. The Morgan fingerprint density at radius 2 is 2.23 bits per heavy atom. The first-order valence-electron chi connectivity index (χ1n) is 4.59. The first-order chi connectivity index (χ1) is 6.34. The lowest BCUT2D eigenvalue weighted by atomic mass is 9.95. The second-order valence-electron chi connectivity index (χ2n) is 3.40. The monoisotopic (exact) mass is 183 g/mol. The Hall–Kier alpha value is -1.10. The van der Waals surface area contributed by atoms with Crippen molar-refractivity contribution in [2.75, 3.05) is 13.1 Å². The highest BCUT2D eigenvalue weighted by Crippen LogP contribution is 2.15. The molecule has 72 valence electrons. The lowest BCUT2D eigenvalue weighted by Crippen LogP contribution is -2.28. The summed E-state index contributed by atoms with van der Waals surface area (Å²) in [6.45, 7) is 2.11. The highest BCUT2D eigenvalue weighted by Gasteiger charge is 2.15. The van der Waals surface area contributed by atoms with Crippen molar-refractivity contribution in [2.24, 2.45) is 5.92 Å². The van der Waals surface area contributed by atoms with E-state index >= 15 is 0 Å². The third kappa shape index (κ3) is 2.18. The SMILES string of the molecule is O=c1[nH]nc(CC2CCNCC2)o1. The summed E-state index contributed by atoms with van der Waals surface area (Å²) in [5.74, 6) is 0.688. The minimum atomic E-state index is -0.455. The van der Waals surface area contributed by atoms with Gasteiger partial charge in [0.25, 0.3) is 0 Å². The van der Waals surface area contributed by atoms with E-state index in [1.165, 1.54) is 0 Å². The van der Waals surface area contributed by atoms with Crippen LogP contribution < -0.4 is 11.1 Å². The van der Waals surface area contributed by atoms with Crippen molar-refractivity contribution in [3.05, 3.63) is 16.4 Å². The first kappa shape index (κ1) is 8.50. The number of nitrogens with zero attached hydrogens (tertiary/aromatic N) is 1. The van der Waals surface area contributed by atoms with Crippen LogP contribution in [0.4, 0.5) is 0 Å². The second kappa shape index (κ2) is 3.74. The number of H-pyrrole nitrogens is 1. The van der Waals surface area contributed by atoms with Gasteiger partial charge in [-0.25, -0.2) is 9.89 Å². The maximum Gasteiger partial charge on any atom is 0.434 e. The Kier molecular flexibility index (Phi) is 2.44. The normalized spacial score (nSPS) is 19.1. The molecular formula is C8H13N3O2. The fraction of sp³-hybridized carbons (Fsp3) is 0.750. The fourth-order valence-electron chi connectivity index (χ4n) is 1.68. The molecule has 1 aliphatic rings. The molecular weight excluding hydrogens is 170 g/mol. The molecule has 1 fully saturated rings. The zero-order valence-electron chi connectivity index (χ0n) is 7.38. The first-order valence-corrected chi connectivity index (χ1v) is 4.59. The number of hydrogen-bond acceptors (Lipinski definition) is 4. The largest absolute Gasteiger partial charge is 0.434 e. The molecule has 0 bridgehead atoms. The average molecular weight is 183 g/mol. The number of rotatable bonds is 2. The van der Waals surface area contributed by atoms with Gasteiger partial charge in [0.1, 0.15) is 0 Å². The van der Waals surface area contributed by atoms with Crippen LogP contribution in [0.15, 0.2) is 9.21 Å². The van der Waals surface area contributed by atoms with Crippen molar-refractivity contribution >= 4 is 0 Å². The van der Waals surface area contributed by atoms with E-state index in [9.17, 15) is 4.79 Å². The molecule has 0 amide bonds. The van der Waals surface area contributed by atoms with Gasteiger partial charge < -0.3 is 9.73 Å². The van der Waals surface area contributed by atoms with Crippen LogP contribution in [0.2, 0.25) is 0 Å². The van der Waals surface area contributed by atoms with E-state index in [0.29, 0.717) is 11.8 Å². The van der Waals surface area contributed by atoms with Gasteiger partial charge in [-0.1, -0.05) is 0 Å². The van der Waals surface area contributed by atoms with E-state index in [1.54, 1.807) is 0 Å². The van der Waals surface area contributed by atoms with Crippen molar-refractivity contribution in [2.45, 2.75) is 19.3 Å². The lowest BCUT2D eigenvalue weighted by molar-refractivity contribution is 0.337. The fourth-order valence-corrected chi connectivity index (χ4v) is 1.68. The number of aromatic amines is 1. The molecule has 2 heterocycles. The van der Waals surface area contributed by atoms with Crippen LogP contribution >= 0.6 is 0 Å². The van der Waals surface area contributed by atoms with E-state index in [4.69, 9.17) is 4.42 Å². The molecule has 1 aromatic rings. The molecule has 1 saturated heterocycles. The molecule has 0 aromatic carbocycles. The summed E-state index contributed by atoms with van der Waals surface area (Å²) in [6.07, 6.45) is 3.05. The Labute approximate surface area is 75.5 Å². The van der Waals surface area contributed by atoms with Gasteiger partial charge >= 0.3 is 5.76 Å². The zero-order chi connectivity index (χ0) is 9.10. The third-order valence-electron chi connectivity index (χ3n) is 2.40. The Balaban J connectivity index is 1.93. The van der Waals surface area contributed by atoms with Crippen LogP contribution in [0.25, 0.3) is 0 Å². The topological polar surface area (TPSA) is 70.9 Å². The van der Waals surface area contributed by atoms with Gasteiger partial charge in [-0.3, -0.25) is 0 Å². The van der Waals surface area contributed by atoms with E-state index in [-0.39, 0.29) is 0 Å². The predicted molar refractivity (Wildman–Crippen MR) is 46.4 cm³/mol. The summed E-state index contributed by atoms with van der Waals surface area (Å²) >= 11 is 0. The Bertz CT molecular complexity index is 311. The van der Waals surface area contributed by atoms with Gasteiger partial charge in [0, 0.05) is 6.42 Å². The second-order valence-corrected chi connectivity index (χ2v) is 3.40. The quantitative estimate of drug-likeness (QED) is 0.672. The molecule has 1 aliphatic heterocycles. The van der Waals surface area contributed by atoms with Crippen molar-refractivity contribution in [1.29, 1.82) is 0 Å². The van der Waals surface area contributed by atoms with Crippen molar-refractivity contribution in [3.8, 4) is 0 Å². The third-order valence-corrected chi connectivity index (χ3v) is 2.40. The van der Waals surface area contributed by atoms with Crippen LogP contribution in [0.1, 0.15) is 18.7 Å². The standard InChI is InChI=1S/C8H13N3O2/c12-8-11-10-7(13-8)5-6-1-3-9-4-2-6/h6,9H,1-5H2,(H,11,12). The lowest BCUT2D eigenvalue weighted by Gasteiger charge is -2.20. The van der Waals surface area contributed by atoms with Crippen molar-refractivity contribution < 1.29 is 4.42 Å². The smallest absolute Gasteiger partial charge is 0.392 e. The molecule has 0 saturated carbocycles. The molecule has 0 spiro atoms. The Morgan fingerprint density at radius 3 is 2.85 bits per heavy atom. The molecule has 0 aliphatic carbocycles. The molecule has 0 atom stereocenters. The van der Waals surface area contributed by atoms with E-state index in [1.807, 2.05) is 0 Å². The van der Waals surface area contributed by atoms with Gasteiger partial charge in [-0.2, -0.15) is 0 Å². The molecule has 13 heavy (non-hydrogen) atoms. The predicted octanol–water partition coefficient (Wildman–Crippen LogP) is -0.0950. The average Bonchev–Trinajstić information content (AvgIpc) is 2.53. The maximum absolute atomic E-state index is 10.6. The minimum Gasteiger partial charge on any atom is -0.392 e. The molecule has 2 N–H and O–H groups in total. The summed E-state index contributed by atoms with van der Waals surface area (Å²) in [5.41, 5.74) is 0. The van der Waals surface area contributed by atoms with Crippen LogP contribution in [-0.2, 0) is 6.42 Å². The summed E-state index contributed by atoms with van der Waals surface area (Å²) < 4.78 is 4.84. The molecule has 1 aromatic heterocycles. The van der Waals surface area contributed by atoms with Gasteiger partial charge in [0.2, 0.25) is 5.89 Å². The highest BCUT2D eigenvalue weighted by atomic mass is 16.4. The number of nitrogens with one attached hydrogen (secondary N) is 2. The van der Waals surface area contributed by atoms with Crippen LogP contribution in [-0.4, -0.2) is 23.3 Å². The molecule has 5 heteroatoms. The van der Waals surface area contributed by atoms with E-state index in [2.05, 4.69) is 15.5 Å². The van der Waals surface area contributed by atoms with E-state index in [0.717, 1.165) is 32.4 Å². The molecule has 2 rings (SSSR count). The van der Waals surface area contributed by atoms with Gasteiger partial charge in [0.15, 0.2) is 0 Å². The van der Waals surface area contributed by atoms with E-state index < -0.39 is 5.76 Å². The van der Waals surface area contributed by atoms with Crippen molar-refractivity contribution in [3.63, 3.8) is 0 Å². The molecule has 0 radical (unpaired) electrons. The van der Waals surface area contributed by atoms with Crippen LogP contribution in [0.3, 0.4) is 0 Å². The molecule has 0 unspecified atom stereocenters. The van der Waals surface area contributed by atoms with Crippen LogP contribution in [0.5, 0.6) is 0 Å². The summed E-state index contributed by atoms with van der Waals surface area (Å²) in [6, 6.07) is 0. The van der Waals surface area contributed by atoms with Gasteiger partial charge in [0.05, 0.1) is 0 Å². The summed E-state index contributed by atoms with van der Waals surface area (Å²) in [4.78, 5) is 10.6. The van der Waals surface area contributed by atoms with Crippen molar-refractivity contribution in [1.82, 2.24) is 15.5 Å². The number of hydrogen-bond donors (Lipinski definition) is 2.